The van der Waals surface area contributed by atoms with E-state index in [4.69, 9.17) is 13.8 Å². The minimum Gasteiger partial charge on any atom is -0.362 e. The Kier molecular flexibility index (Phi) is 9.84. The molecule has 0 spiro atoms. The number of ether oxygens (including phenoxy) is 1. The van der Waals surface area contributed by atoms with Crippen LogP contribution in [0.25, 0.3) is 0 Å². The van der Waals surface area contributed by atoms with E-state index in [9.17, 15) is 17.7 Å². The van der Waals surface area contributed by atoms with E-state index in [2.05, 4.69) is 0 Å². The van der Waals surface area contributed by atoms with Crippen LogP contribution in [-0.4, -0.2) is 30.0 Å². The van der Waals surface area contributed by atoms with Crippen molar-refractivity contribution >= 4 is 31.1 Å². The molecule has 0 saturated carbocycles. The molecule has 0 aromatic heterocycles. The highest BCUT2D eigenvalue weighted by molar-refractivity contribution is 8.22. The molecule has 1 aromatic carbocycles. The summed E-state index contributed by atoms with van der Waals surface area (Å²) in [7, 11) is -3.66. The second-order valence-corrected chi connectivity index (χ2v) is 12.8. The fourth-order valence-corrected chi connectivity index (χ4v) is 8.94. The predicted molar refractivity (Wildman–Crippen MR) is 127 cm³/mol. The third kappa shape index (κ3) is 7.28. The normalized spacial score (nSPS) is 20.7. The first-order chi connectivity index (χ1) is 14.8. The molecule has 1 aromatic rings. The summed E-state index contributed by atoms with van der Waals surface area (Å²) >= 11 is 3.01. The van der Waals surface area contributed by atoms with Crippen LogP contribution in [0.3, 0.4) is 0 Å². The molecule has 0 amide bonds. The van der Waals surface area contributed by atoms with Gasteiger partial charge in [0, 0.05) is 5.92 Å². The van der Waals surface area contributed by atoms with Gasteiger partial charge in [-0.25, -0.2) is 0 Å². The molecule has 0 N–H and O–H groups in total. The Morgan fingerprint density at radius 1 is 1.06 bits per heavy atom. The maximum Gasteiger partial charge on any atom is 0.416 e. The Balaban J connectivity index is 2.64. The zero-order valence-corrected chi connectivity index (χ0v) is 21.9. The number of allylic oxidation sites excluding steroid dienone is 1. The predicted octanol–water partition coefficient (Wildman–Crippen LogP) is 8.26. The third-order valence-electron chi connectivity index (χ3n) is 4.50. The molecule has 1 heterocycles. The summed E-state index contributed by atoms with van der Waals surface area (Å²) in [6.07, 6.45) is -3.98. The van der Waals surface area contributed by atoms with Gasteiger partial charge >= 0.3 is 13.8 Å². The number of alkyl halides is 3. The molecule has 0 fully saturated rings. The molecule has 0 radical (unpaired) electrons. The molecule has 32 heavy (non-hydrogen) atoms. The van der Waals surface area contributed by atoms with Crippen molar-refractivity contribution in [1.82, 2.24) is 0 Å². The van der Waals surface area contributed by atoms with Crippen LogP contribution < -0.4 is 0 Å². The van der Waals surface area contributed by atoms with Crippen LogP contribution in [0.15, 0.2) is 33.8 Å². The Morgan fingerprint density at radius 3 is 2.06 bits per heavy atom. The SMILES string of the molecule is CCOP(=O)(OCC)C1=C(SCC)S[C@H](OC(C)(C)C)C[C@@H]1c1ccc(C(F)(F)F)cc1. The van der Waals surface area contributed by atoms with Gasteiger partial charge in [-0.15, -0.1) is 11.8 Å². The van der Waals surface area contributed by atoms with Gasteiger partial charge in [0.15, 0.2) is 0 Å². The summed E-state index contributed by atoms with van der Waals surface area (Å²) in [5.74, 6) is 0.273. The van der Waals surface area contributed by atoms with E-state index in [1.807, 2.05) is 27.7 Å². The zero-order valence-electron chi connectivity index (χ0n) is 19.3. The van der Waals surface area contributed by atoms with E-state index in [1.54, 1.807) is 13.8 Å². The fraction of sp³-hybridized carbons (Fsp3) is 0.636. The van der Waals surface area contributed by atoms with Crippen molar-refractivity contribution in [2.24, 2.45) is 0 Å². The monoisotopic (exact) mass is 512 g/mol. The van der Waals surface area contributed by atoms with Crippen LogP contribution in [0.1, 0.15) is 65.0 Å². The Labute approximate surface area is 197 Å². The summed E-state index contributed by atoms with van der Waals surface area (Å²) < 4.78 is 71.6. The molecule has 0 bridgehead atoms. The lowest BCUT2D eigenvalue weighted by atomic mass is 9.94. The average Bonchev–Trinajstić information content (AvgIpc) is 2.66. The maximum atomic E-state index is 13.9. The molecule has 0 unspecified atom stereocenters. The smallest absolute Gasteiger partial charge is 0.362 e. The number of thioether (sulfide) groups is 2. The fourth-order valence-electron chi connectivity index (χ4n) is 3.40. The van der Waals surface area contributed by atoms with Crippen LogP contribution in [0, 0.1) is 0 Å². The van der Waals surface area contributed by atoms with E-state index >= 15 is 0 Å². The number of hydrogen-bond acceptors (Lipinski definition) is 6. The van der Waals surface area contributed by atoms with Crippen molar-refractivity contribution in [3.8, 4) is 0 Å². The minimum absolute atomic E-state index is 0.192. The molecular weight excluding hydrogens is 480 g/mol. The molecule has 182 valence electrons. The molecule has 0 aliphatic carbocycles. The van der Waals surface area contributed by atoms with Crippen molar-refractivity contribution in [3.05, 3.63) is 44.9 Å². The summed E-state index contributed by atoms with van der Waals surface area (Å²) in [5, 5.41) is 0.520. The van der Waals surface area contributed by atoms with Gasteiger partial charge in [-0.2, -0.15) is 13.2 Å². The van der Waals surface area contributed by atoms with Gasteiger partial charge in [-0.1, -0.05) is 30.8 Å². The molecule has 2 atom stereocenters. The van der Waals surface area contributed by atoms with Crippen molar-refractivity contribution in [1.29, 1.82) is 0 Å². The number of hydrogen-bond donors (Lipinski definition) is 0. The number of halogens is 3. The number of benzene rings is 1. The largest absolute Gasteiger partial charge is 0.416 e. The van der Waals surface area contributed by atoms with E-state index < -0.39 is 30.9 Å². The lowest BCUT2D eigenvalue weighted by Crippen LogP contribution is -2.29. The highest BCUT2D eigenvalue weighted by Crippen LogP contribution is 2.67. The maximum absolute atomic E-state index is 13.9. The van der Waals surface area contributed by atoms with Crippen molar-refractivity contribution in [2.75, 3.05) is 19.0 Å². The van der Waals surface area contributed by atoms with Crippen LogP contribution >= 0.6 is 31.1 Å². The van der Waals surface area contributed by atoms with E-state index in [-0.39, 0.29) is 18.6 Å². The summed E-state index contributed by atoms with van der Waals surface area (Å²) in [6, 6.07) is 5.03. The Hall–Kier alpha value is -0.440. The summed E-state index contributed by atoms with van der Waals surface area (Å²) in [6.45, 7) is 11.7. The lowest BCUT2D eigenvalue weighted by molar-refractivity contribution is -0.137. The summed E-state index contributed by atoms with van der Waals surface area (Å²) in [5.41, 5.74) is -0.757. The molecular formula is C22H32F3O4PS2. The van der Waals surface area contributed by atoms with Crippen molar-refractivity contribution in [3.63, 3.8) is 0 Å². The summed E-state index contributed by atoms with van der Waals surface area (Å²) in [4.78, 5) is 0. The third-order valence-corrected chi connectivity index (χ3v) is 9.52. The molecule has 0 saturated heterocycles. The second-order valence-electron chi connectivity index (χ2n) is 8.12. The highest BCUT2D eigenvalue weighted by atomic mass is 32.2. The van der Waals surface area contributed by atoms with Crippen molar-refractivity contribution < 1.29 is 31.5 Å². The molecule has 10 heteroatoms. The standard InChI is InChI=1S/C22H32F3O4PS2/c1-7-27-30(26,28-8-2)19-17(15-10-12-16(13-11-15)22(23,24)25)14-18(29-21(4,5)6)32-20(19)31-9-3/h10-13,17-18H,7-9,14H2,1-6H3/t17-,18+/m1/s1. The topological polar surface area (TPSA) is 44.8 Å². The zero-order chi connectivity index (χ0) is 24.2. The van der Waals surface area contributed by atoms with Gasteiger partial charge < -0.3 is 13.8 Å². The molecule has 1 aliphatic heterocycles. The Bertz CT molecular complexity index is 825. The van der Waals surface area contributed by atoms with Gasteiger partial charge in [-0.05, 0) is 64.5 Å². The van der Waals surface area contributed by atoms with Crippen LogP contribution in [0.5, 0.6) is 0 Å². The average molecular weight is 513 g/mol. The van der Waals surface area contributed by atoms with Gasteiger partial charge in [-0.3, -0.25) is 4.57 Å². The van der Waals surface area contributed by atoms with Gasteiger partial charge in [0.1, 0.15) is 5.44 Å². The minimum atomic E-state index is -4.42. The number of rotatable bonds is 9. The quantitative estimate of drug-likeness (QED) is 0.310. The first-order valence-corrected chi connectivity index (χ1v) is 14.0. The van der Waals surface area contributed by atoms with Gasteiger partial charge in [0.05, 0.1) is 33.9 Å². The second kappa shape index (κ2) is 11.3. The van der Waals surface area contributed by atoms with Gasteiger partial charge in [0.2, 0.25) is 0 Å². The van der Waals surface area contributed by atoms with Crippen molar-refractivity contribution in [2.45, 2.75) is 71.1 Å². The lowest BCUT2D eigenvalue weighted by Gasteiger charge is -2.38. The van der Waals surface area contributed by atoms with Gasteiger partial charge in [0.25, 0.3) is 0 Å². The van der Waals surface area contributed by atoms with Crippen LogP contribution in [-0.2, 0) is 24.5 Å². The molecule has 4 nitrogen and oxygen atoms in total. The first-order valence-electron chi connectivity index (χ1n) is 10.6. The molecule has 2 rings (SSSR count). The van der Waals surface area contributed by atoms with E-state index in [0.717, 1.165) is 22.1 Å². The van der Waals surface area contributed by atoms with Crippen LogP contribution in [0.2, 0.25) is 0 Å². The Morgan fingerprint density at radius 2 is 1.62 bits per heavy atom. The van der Waals surface area contributed by atoms with E-state index in [1.165, 1.54) is 35.7 Å². The molecule has 1 aliphatic rings. The van der Waals surface area contributed by atoms with Crippen LogP contribution in [0.4, 0.5) is 13.2 Å². The van der Waals surface area contributed by atoms with E-state index in [0.29, 0.717) is 17.3 Å². The highest BCUT2D eigenvalue weighted by Gasteiger charge is 2.44. The first kappa shape index (κ1) is 27.8.